The van der Waals surface area contributed by atoms with E-state index in [4.69, 9.17) is 0 Å². The van der Waals surface area contributed by atoms with Crippen molar-refractivity contribution in [1.29, 1.82) is 0 Å². The van der Waals surface area contributed by atoms with E-state index in [1.165, 1.54) is 103 Å². The summed E-state index contributed by atoms with van der Waals surface area (Å²) in [6.45, 7) is 5.57. The maximum absolute atomic E-state index is 13.3. The van der Waals surface area contributed by atoms with Crippen molar-refractivity contribution in [1.82, 2.24) is 0 Å². The van der Waals surface area contributed by atoms with Gasteiger partial charge in [0.25, 0.3) is 0 Å². The van der Waals surface area contributed by atoms with Gasteiger partial charge in [-0.2, -0.15) is 0 Å². The second-order valence-electron chi connectivity index (χ2n) is 15.2. The number of likely N-dealkylation sites (N-methyl/N-ethyl adjacent to an activating group) is 1. The Bertz CT molecular complexity index is 758. The molecule has 0 amide bonds. The minimum atomic E-state index is -1.90. The number of aliphatic hydroxyl groups excluding tert-OH is 1. The highest BCUT2D eigenvalue weighted by Gasteiger charge is 2.43. The molecular formula is C43H82BrNO4. The van der Waals surface area contributed by atoms with Crippen LogP contribution in [0.2, 0.25) is 0 Å². The summed E-state index contributed by atoms with van der Waals surface area (Å²) >= 11 is 0. The number of hydrogen-bond donors (Lipinski definition) is 2. The molecule has 290 valence electrons. The second-order valence-corrected chi connectivity index (χ2v) is 15.2. The van der Waals surface area contributed by atoms with Crippen molar-refractivity contribution in [2.75, 3.05) is 33.8 Å². The number of quaternary nitrogens is 1. The molecule has 0 rings (SSSR count). The summed E-state index contributed by atoms with van der Waals surface area (Å²) in [5.74, 6) is -0.608. The molecule has 0 saturated carbocycles. The molecule has 0 fully saturated rings. The number of nitrogens with zero attached hydrogens (tertiary/aromatic N) is 1. The van der Waals surface area contributed by atoms with Crippen LogP contribution in [0.15, 0.2) is 24.3 Å². The van der Waals surface area contributed by atoms with Crippen LogP contribution in [0.5, 0.6) is 0 Å². The van der Waals surface area contributed by atoms with Crippen LogP contribution in [0.1, 0.15) is 200 Å². The van der Waals surface area contributed by atoms with Crippen molar-refractivity contribution in [2.45, 2.75) is 206 Å². The first-order valence-electron chi connectivity index (χ1n) is 20.7. The average molecular weight is 757 g/mol. The summed E-state index contributed by atoms with van der Waals surface area (Å²) in [6.07, 6.45) is 41.0. The lowest BCUT2D eigenvalue weighted by molar-refractivity contribution is -0.891. The standard InChI is InChI=1S/C43H82NO4.BrH/c1-5-7-9-11-13-15-17-19-21-23-25-27-29-31-33-35-41(46)43(48,37-38-44(3,4)39-40-45)42(47)36-34-32-30-28-26-24-22-20-18-16-14-12-10-8-6-2;/h19-22,45,48H,5-18,23-40H2,1-4H3;1H/q+1;/p-1/b21-19-,22-20-;. The van der Waals surface area contributed by atoms with E-state index in [2.05, 4.69) is 38.2 Å². The van der Waals surface area contributed by atoms with Crippen LogP contribution >= 0.6 is 0 Å². The molecule has 5 nitrogen and oxygen atoms in total. The predicted octanol–water partition coefficient (Wildman–Crippen LogP) is 8.39. The van der Waals surface area contributed by atoms with Gasteiger partial charge in [-0.05, 0) is 64.2 Å². The molecule has 0 heterocycles. The molecule has 0 spiro atoms. The van der Waals surface area contributed by atoms with Crippen molar-refractivity contribution in [3.63, 3.8) is 0 Å². The summed E-state index contributed by atoms with van der Waals surface area (Å²) in [4.78, 5) is 26.7. The fourth-order valence-corrected chi connectivity index (χ4v) is 6.41. The average Bonchev–Trinajstić information content (AvgIpc) is 3.06. The molecule has 0 aromatic rings. The number of ketones is 2. The topological polar surface area (TPSA) is 74.6 Å². The van der Waals surface area contributed by atoms with E-state index in [1.807, 2.05) is 14.1 Å². The number of allylic oxidation sites excluding steroid dienone is 4. The summed E-state index contributed by atoms with van der Waals surface area (Å²) in [5, 5.41) is 21.0. The summed E-state index contributed by atoms with van der Waals surface area (Å²) in [5.41, 5.74) is -1.90. The summed E-state index contributed by atoms with van der Waals surface area (Å²) < 4.78 is 0.472. The first-order chi connectivity index (χ1) is 23.2. The van der Waals surface area contributed by atoms with Crippen molar-refractivity contribution in [3.05, 3.63) is 24.3 Å². The molecule has 0 aliphatic heterocycles. The van der Waals surface area contributed by atoms with Gasteiger partial charge < -0.3 is 31.7 Å². The Morgan fingerprint density at radius 2 is 0.816 bits per heavy atom. The molecule has 0 aromatic carbocycles. The molecule has 0 unspecified atom stereocenters. The maximum Gasteiger partial charge on any atom is 0.186 e. The molecule has 0 atom stereocenters. The van der Waals surface area contributed by atoms with E-state index in [-0.39, 0.29) is 54.4 Å². The SMILES string of the molecule is CCCCCCCC/C=C\CCCCCCCC(=O)C(O)(CC[N+](C)(C)CCO)C(=O)CCCCCCC/C=C\CCCCCCCC.[Br-]. The highest BCUT2D eigenvalue weighted by atomic mass is 79.9. The van der Waals surface area contributed by atoms with E-state index in [9.17, 15) is 19.8 Å². The minimum absolute atomic E-state index is 0. The highest BCUT2D eigenvalue weighted by molar-refractivity contribution is 6.10. The smallest absolute Gasteiger partial charge is 0.186 e. The first-order valence-corrected chi connectivity index (χ1v) is 20.7. The number of rotatable bonds is 37. The molecule has 0 aliphatic carbocycles. The zero-order valence-corrected chi connectivity index (χ0v) is 34.6. The maximum atomic E-state index is 13.3. The highest BCUT2D eigenvalue weighted by Crippen LogP contribution is 2.23. The zero-order chi connectivity index (χ0) is 35.6. The van der Waals surface area contributed by atoms with E-state index >= 15 is 0 Å². The third-order valence-electron chi connectivity index (χ3n) is 10.0. The largest absolute Gasteiger partial charge is 1.00 e. The van der Waals surface area contributed by atoms with Gasteiger partial charge in [-0.1, -0.05) is 141 Å². The monoisotopic (exact) mass is 756 g/mol. The van der Waals surface area contributed by atoms with Crippen molar-refractivity contribution in [2.24, 2.45) is 0 Å². The Morgan fingerprint density at radius 1 is 0.510 bits per heavy atom. The Labute approximate surface area is 315 Å². The van der Waals surface area contributed by atoms with Gasteiger partial charge in [-0.3, -0.25) is 9.59 Å². The number of carbonyl (C=O) groups excluding carboxylic acids is 2. The van der Waals surface area contributed by atoms with Crippen LogP contribution in [0.4, 0.5) is 0 Å². The third-order valence-corrected chi connectivity index (χ3v) is 10.0. The van der Waals surface area contributed by atoms with Crippen LogP contribution in [-0.2, 0) is 9.59 Å². The second kappa shape index (κ2) is 35.6. The van der Waals surface area contributed by atoms with Gasteiger partial charge in [0.05, 0.1) is 27.2 Å². The molecule has 0 radical (unpaired) electrons. The van der Waals surface area contributed by atoms with Gasteiger partial charge in [-0.25, -0.2) is 0 Å². The number of aliphatic hydroxyl groups is 2. The number of carbonyl (C=O) groups is 2. The van der Waals surface area contributed by atoms with E-state index in [0.717, 1.165) is 64.2 Å². The van der Waals surface area contributed by atoms with Crippen LogP contribution in [0.3, 0.4) is 0 Å². The van der Waals surface area contributed by atoms with Gasteiger partial charge in [0.15, 0.2) is 17.2 Å². The van der Waals surface area contributed by atoms with Crippen LogP contribution < -0.4 is 17.0 Å². The Kier molecular flexibility index (Phi) is 36.5. The van der Waals surface area contributed by atoms with Crippen LogP contribution in [0.25, 0.3) is 0 Å². The Hall–Kier alpha value is -0.820. The van der Waals surface area contributed by atoms with Gasteiger partial charge >= 0.3 is 0 Å². The molecular weight excluding hydrogens is 674 g/mol. The molecule has 0 bridgehead atoms. The molecule has 49 heavy (non-hydrogen) atoms. The van der Waals surface area contributed by atoms with Crippen LogP contribution in [-0.4, -0.2) is 65.7 Å². The van der Waals surface area contributed by atoms with E-state index < -0.39 is 5.60 Å². The summed E-state index contributed by atoms with van der Waals surface area (Å²) in [7, 11) is 3.94. The fraction of sp³-hybridized carbons (Fsp3) is 0.860. The number of hydrogen-bond acceptors (Lipinski definition) is 4. The number of unbranched alkanes of at least 4 members (excludes halogenated alkanes) is 22. The minimum Gasteiger partial charge on any atom is -1.00 e. The predicted molar refractivity (Wildman–Crippen MR) is 207 cm³/mol. The Balaban J connectivity index is 0. The van der Waals surface area contributed by atoms with Gasteiger partial charge in [0.2, 0.25) is 0 Å². The summed E-state index contributed by atoms with van der Waals surface area (Å²) in [6, 6.07) is 0. The lowest BCUT2D eigenvalue weighted by atomic mass is 9.84. The molecule has 6 heteroatoms. The lowest BCUT2D eigenvalue weighted by Crippen LogP contribution is -3.00. The van der Waals surface area contributed by atoms with E-state index in [0.29, 0.717) is 17.6 Å². The Morgan fingerprint density at radius 3 is 1.14 bits per heavy atom. The van der Waals surface area contributed by atoms with Gasteiger partial charge in [0, 0.05) is 19.3 Å². The molecule has 0 aromatic heterocycles. The number of halogens is 1. The molecule has 0 saturated heterocycles. The van der Waals surface area contributed by atoms with Crippen molar-refractivity contribution < 1.29 is 41.3 Å². The lowest BCUT2D eigenvalue weighted by Gasteiger charge is -2.33. The first kappa shape index (κ1) is 50.3. The van der Waals surface area contributed by atoms with Gasteiger partial charge in [-0.15, -0.1) is 0 Å². The van der Waals surface area contributed by atoms with Crippen molar-refractivity contribution >= 4 is 11.6 Å². The number of Topliss-reactive ketones (excluding diaryl/α,β-unsaturated/α-hetero) is 2. The molecule has 0 aliphatic rings. The zero-order valence-electron chi connectivity index (χ0n) is 33.0. The quantitative estimate of drug-likeness (QED) is 0.0289. The normalized spacial score (nSPS) is 12.3. The van der Waals surface area contributed by atoms with E-state index in [1.54, 1.807) is 0 Å². The van der Waals surface area contributed by atoms with Crippen LogP contribution in [0, 0.1) is 0 Å². The molecule has 2 N–H and O–H groups in total. The van der Waals surface area contributed by atoms with Crippen molar-refractivity contribution in [3.8, 4) is 0 Å². The van der Waals surface area contributed by atoms with Gasteiger partial charge in [0.1, 0.15) is 6.54 Å². The third kappa shape index (κ3) is 30.5. The fourth-order valence-electron chi connectivity index (χ4n) is 6.41.